The topological polar surface area (TPSA) is 35.6 Å². The van der Waals surface area contributed by atoms with Crippen LogP contribution in [0.1, 0.15) is 36.5 Å². The van der Waals surface area contributed by atoms with Crippen LogP contribution in [0.25, 0.3) is 0 Å². The highest BCUT2D eigenvalue weighted by molar-refractivity contribution is 5.91. The van der Waals surface area contributed by atoms with E-state index in [9.17, 15) is 4.79 Å². The maximum Gasteiger partial charge on any atom is 0.321 e. The summed E-state index contributed by atoms with van der Waals surface area (Å²) in [5, 5.41) is 3.17. The molecule has 1 heterocycles. The minimum absolute atomic E-state index is 0.0221. The van der Waals surface area contributed by atoms with Crippen LogP contribution >= 0.6 is 0 Å². The van der Waals surface area contributed by atoms with Gasteiger partial charge in [-0.05, 0) is 36.0 Å². The zero-order chi connectivity index (χ0) is 19.2. The molecule has 2 aromatic rings. The van der Waals surface area contributed by atoms with Crippen LogP contribution < -0.4 is 5.32 Å². The van der Waals surface area contributed by atoms with E-state index in [-0.39, 0.29) is 6.03 Å². The zero-order valence-electron chi connectivity index (χ0n) is 16.7. The number of urea groups is 1. The Morgan fingerprint density at radius 3 is 2.37 bits per heavy atom. The maximum atomic E-state index is 12.8. The van der Waals surface area contributed by atoms with E-state index in [0.29, 0.717) is 5.92 Å². The first-order valence-corrected chi connectivity index (χ1v) is 9.96. The molecule has 0 saturated carbocycles. The fourth-order valence-electron chi connectivity index (χ4n) is 3.63. The number of nitrogens with zero attached hydrogens (tertiary/aromatic N) is 2. The minimum Gasteiger partial charge on any atom is -0.322 e. The first-order valence-electron chi connectivity index (χ1n) is 9.96. The monoisotopic (exact) mass is 365 g/mol. The van der Waals surface area contributed by atoms with E-state index in [0.717, 1.165) is 50.4 Å². The molecule has 1 N–H and O–H groups in total. The molecule has 1 fully saturated rings. The molecular formula is C23H31N3O. The minimum atomic E-state index is 0.0221. The van der Waals surface area contributed by atoms with Crippen LogP contribution in [0.3, 0.4) is 0 Å². The van der Waals surface area contributed by atoms with E-state index in [1.165, 1.54) is 11.1 Å². The van der Waals surface area contributed by atoms with Crippen molar-refractivity contribution in [1.29, 1.82) is 0 Å². The van der Waals surface area contributed by atoms with Crippen LogP contribution in [0.4, 0.5) is 10.5 Å². The fraction of sp³-hybridized carbons (Fsp3) is 0.435. The van der Waals surface area contributed by atoms with Gasteiger partial charge in [-0.2, -0.15) is 0 Å². The Morgan fingerprint density at radius 1 is 1.00 bits per heavy atom. The third kappa shape index (κ3) is 5.10. The quantitative estimate of drug-likeness (QED) is 0.846. The number of carbonyl (C=O) groups excluding carboxylic acids is 1. The summed E-state index contributed by atoms with van der Waals surface area (Å²) in [4.78, 5) is 17.2. The molecule has 0 unspecified atom stereocenters. The summed E-state index contributed by atoms with van der Waals surface area (Å²) in [6, 6.07) is 16.8. The molecule has 2 amide bonds. The highest BCUT2D eigenvalue weighted by Gasteiger charge is 2.22. The smallest absolute Gasteiger partial charge is 0.321 e. The van der Waals surface area contributed by atoms with Crippen LogP contribution in [0, 0.1) is 6.92 Å². The van der Waals surface area contributed by atoms with Crippen molar-refractivity contribution in [2.45, 2.75) is 33.1 Å². The number of aryl methyl sites for hydroxylation is 1. The van der Waals surface area contributed by atoms with E-state index in [1.807, 2.05) is 4.90 Å². The summed E-state index contributed by atoms with van der Waals surface area (Å²) < 4.78 is 0. The van der Waals surface area contributed by atoms with Gasteiger partial charge in [-0.15, -0.1) is 0 Å². The highest BCUT2D eigenvalue weighted by Crippen LogP contribution is 2.27. The Kier molecular flexibility index (Phi) is 6.51. The van der Waals surface area contributed by atoms with Gasteiger partial charge in [-0.1, -0.05) is 62.4 Å². The number of carbonyl (C=O) groups is 1. The first-order chi connectivity index (χ1) is 13.0. The number of anilines is 1. The SMILES string of the molecule is Cc1cccc(C(C)C)c1NC(=O)N1CCN(CCc2ccccc2)CC1. The Balaban J connectivity index is 1.52. The van der Waals surface area contributed by atoms with Crippen molar-refractivity contribution in [2.75, 3.05) is 38.0 Å². The average molecular weight is 366 g/mol. The van der Waals surface area contributed by atoms with Crippen molar-refractivity contribution in [2.24, 2.45) is 0 Å². The van der Waals surface area contributed by atoms with Gasteiger partial charge in [0.1, 0.15) is 0 Å². The molecule has 0 aliphatic carbocycles. The van der Waals surface area contributed by atoms with Crippen molar-refractivity contribution in [3.63, 3.8) is 0 Å². The number of benzene rings is 2. The number of piperazine rings is 1. The van der Waals surface area contributed by atoms with Crippen molar-refractivity contribution < 1.29 is 4.79 Å². The lowest BCUT2D eigenvalue weighted by molar-refractivity contribution is 0.148. The van der Waals surface area contributed by atoms with Gasteiger partial charge in [-0.25, -0.2) is 4.79 Å². The van der Waals surface area contributed by atoms with Crippen LogP contribution in [-0.4, -0.2) is 48.6 Å². The molecule has 144 valence electrons. The Hall–Kier alpha value is -2.33. The molecule has 4 nitrogen and oxygen atoms in total. The van der Waals surface area contributed by atoms with Crippen LogP contribution in [-0.2, 0) is 6.42 Å². The average Bonchev–Trinajstić information content (AvgIpc) is 2.69. The summed E-state index contributed by atoms with van der Waals surface area (Å²) in [5.41, 5.74) is 4.67. The molecule has 0 radical (unpaired) electrons. The molecule has 0 bridgehead atoms. The molecular weight excluding hydrogens is 334 g/mol. The Labute approximate surface area is 163 Å². The molecule has 4 heteroatoms. The van der Waals surface area contributed by atoms with Gasteiger partial charge in [-0.3, -0.25) is 4.90 Å². The number of rotatable bonds is 5. The lowest BCUT2D eigenvalue weighted by atomic mass is 9.98. The molecule has 0 aromatic heterocycles. The predicted molar refractivity (Wildman–Crippen MR) is 112 cm³/mol. The van der Waals surface area contributed by atoms with Crippen LogP contribution in [0.15, 0.2) is 48.5 Å². The summed E-state index contributed by atoms with van der Waals surface area (Å²) >= 11 is 0. The molecule has 3 rings (SSSR count). The van der Waals surface area contributed by atoms with Crippen LogP contribution in [0.5, 0.6) is 0 Å². The standard InChI is InChI=1S/C23H31N3O/c1-18(2)21-11-7-8-19(3)22(21)24-23(27)26-16-14-25(15-17-26)13-12-20-9-5-4-6-10-20/h4-11,18H,12-17H2,1-3H3,(H,24,27). The second kappa shape index (κ2) is 9.05. The second-order valence-electron chi connectivity index (χ2n) is 7.69. The molecule has 0 spiro atoms. The van der Waals surface area contributed by atoms with E-state index in [2.05, 4.69) is 79.5 Å². The Bertz CT molecular complexity index is 749. The normalized spacial score (nSPS) is 15.2. The van der Waals surface area contributed by atoms with E-state index in [1.54, 1.807) is 0 Å². The highest BCUT2D eigenvalue weighted by atomic mass is 16.2. The summed E-state index contributed by atoms with van der Waals surface area (Å²) in [7, 11) is 0. The number of hydrogen-bond donors (Lipinski definition) is 1. The van der Waals surface area contributed by atoms with Gasteiger partial charge in [0, 0.05) is 38.4 Å². The van der Waals surface area contributed by atoms with Crippen molar-refractivity contribution in [3.8, 4) is 0 Å². The van der Waals surface area contributed by atoms with E-state index >= 15 is 0 Å². The molecule has 2 aromatic carbocycles. The van der Waals surface area contributed by atoms with Gasteiger partial charge in [0.15, 0.2) is 0 Å². The molecule has 1 aliphatic rings. The van der Waals surface area contributed by atoms with Crippen molar-refractivity contribution in [1.82, 2.24) is 9.80 Å². The third-order valence-electron chi connectivity index (χ3n) is 5.38. The predicted octanol–water partition coefficient (Wildman–Crippen LogP) is 4.51. The van der Waals surface area contributed by atoms with Gasteiger partial charge < -0.3 is 10.2 Å². The van der Waals surface area contributed by atoms with Gasteiger partial charge in [0.05, 0.1) is 0 Å². The second-order valence-corrected chi connectivity index (χ2v) is 7.69. The summed E-state index contributed by atoms with van der Waals surface area (Å²) in [6.45, 7) is 10.9. The van der Waals surface area contributed by atoms with Crippen LogP contribution in [0.2, 0.25) is 0 Å². The summed E-state index contributed by atoms with van der Waals surface area (Å²) in [5.74, 6) is 0.384. The number of nitrogens with one attached hydrogen (secondary N) is 1. The van der Waals surface area contributed by atoms with Crippen molar-refractivity contribution in [3.05, 3.63) is 65.2 Å². The lowest BCUT2D eigenvalue weighted by Crippen LogP contribution is -2.50. The summed E-state index contributed by atoms with van der Waals surface area (Å²) in [6.07, 6.45) is 1.06. The molecule has 1 aliphatic heterocycles. The molecule has 1 saturated heterocycles. The zero-order valence-corrected chi connectivity index (χ0v) is 16.7. The van der Waals surface area contributed by atoms with Gasteiger partial charge in [0.25, 0.3) is 0 Å². The molecule has 0 atom stereocenters. The van der Waals surface area contributed by atoms with Crippen molar-refractivity contribution >= 4 is 11.7 Å². The Morgan fingerprint density at radius 2 is 1.70 bits per heavy atom. The fourth-order valence-corrected chi connectivity index (χ4v) is 3.63. The number of hydrogen-bond acceptors (Lipinski definition) is 2. The largest absolute Gasteiger partial charge is 0.322 e. The third-order valence-corrected chi connectivity index (χ3v) is 5.38. The van der Waals surface area contributed by atoms with Gasteiger partial charge in [0.2, 0.25) is 0 Å². The van der Waals surface area contributed by atoms with Gasteiger partial charge >= 0.3 is 6.03 Å². The van der Waals surface area contributed by atoms with E-state index in [4.69, 9.17) is 0 Å². The number of amides is 2. The maximum absolute atomic E-state index is 12.8. The van der Waals surface area contributed by atoms with E-state index < -0.39 is 0 Å². The molecule has 27 heavy (non-hydrogen) atoms. The first kappa shape index (κ1) is 19.4. The number of para-hydroxylation sites is 1. The lowest BCUT2D eigenvalue weighted by Gasteiger charge is -2.35.